The van der Waals surface area contributed by atoms with Gasteiger partial charge in [0.1, 0.15) is 5.75 Å². The Morgan fingerprint density at radius 3 is 2.18 bits per heavy atom. The molecule has 2 aromatic rings. The van der Waals surface area contributed by atoms with Crippen LogP contribution in [0.2, 0.25) is 0 Å². The lowest BCUT2D eigenvalue weighted by atomic mass is 9.91. The van der Waals surface area contributed by atoms with Crippen molar-refractivity contribution >= 4 is 23.4 Å². The first-order chi connectivity index (χ1) is 16.2. The lowest BCUT2D eigenvalue weighted by Gasteiger charge is -2.30. The first-order valence-corrected chi connectivity index (χ1v) is 10.3. The third kappa shape index (κ3) is 4.87. The van der Waals surface area contributed by atoms with Crippen molar-refractivity contribution in [1.82, 2.24) is 10.6 Å². The SMILES string of the molecule is COc1ccc(C2=C(C(=O)OC(C)C)C(c3cc(OC)c(OC)cc3[N+](=O)[O-])NC(=O)N2)cc1. The average Bonchev–Trinajstić information content (AvgIpc) is 2.81. The number of amides is 2. The Bertz CT molecular complexity index is 1140. The highest BCUT2D eigenvalue weighted by Crippen LogP contribution is 2.42. The first-order valence-electron chi connectivity index (χ1n) is 10.3. The summed E-state index contributed by atoms with van der Waals surface area (Å²) in [5, 5.41) is 17.2. The number of nitro benzene ring substituents is 1. The summed E-state index contributed by atoms with van der Waals surface area (Å²) in [4.78, 5) is 37.2. The topological polar surface area (TPSA) is 138 Å². The summed E-state index contributed by atoms with van der Waals surface area (Å²) < 4.78 is 21.1. The zero-order chi connectivity index (χ0) is 25.0. The van der Waals surface area contributed by atoms with Gasteiger partial charge in [-0.1, -0.05) is 0 Å². The average molecular weight is 471 g/mol. The summed E-state index contributed by atoms with van der Waals surface area (Å²) in [5.74, 6) is 0.146. The quantitative estimate of drug-likeness (QED) is 0.340. The fraction of sp³-hybridized carbons (Fsp3) is 0.304. The Hall–Kier alpha value is -4.28. The van der Waals surface area contributed by atoms with Gasteiger partial charge in [-0.3, -0.25) is 10.1 Å². The number of nitro groups is 1. The van der Waals surface area contributed by atoms with Gasteiger partial charge in [-0.25, -0.2) is 9.59 Å². The summed E-state index contributed by atoms with van der Waals surface area (Å²) in [6.07, 6.45) is -0.476. The molecule has 0 spiro atoms. The number of ether oxygens (including phenoxy) is 4. The summed E-state index contributed by atoms with van der Waals surface area (Å²) in [6.45, 7) is 3.35. The van der Waals surface area contributed by atoms with E-state index in [1.165, 1.54) is 33.5 Å². The minimum atomic E-state index is -1.21. The van der Waals surface area contributed by atoms with Gasteiger partial charge >= 0.3 is 12.0 Å². The molecule has 2 amide bonds. The fourth-order valence-electron chi connectivity index (χ4n) is 3.55. The molecule has 3 rings (SSSR count). The van der Waals surface area contributed by atoms with E-state index in [0.29, 0.717) is 11.3 Å². The number of hydrogen-bond donors (Lipinski definition) is 2. The molecule has 0 aromatic heterocycles. The van der Waals surface area contributed by atoms with E-state index >= 15 is 0 Å². The van der Waals surface area contributed by atoms with Crippen molar-refractivity contribution in [3.8, 4) is 17.2 Å². The molecule has 2 aromatic carbocycles. The smallest absolute Gasteiger partial charge is 0.338 e. The highest BCUT2D eigenvalue weighted by atomic mass is 16.6. The monoisotopic (exact) mass is 471 g/mol. The van der Waals surface area contributed by atoms with Gasteiger partial charge < -0.3 is 29.6 Å². The van der Waals surface area contributed by atoms with Crippen LogP contribution >= 0.6 is 0 Å². The van der Waals surface area contributed by atoms with E-state index in [9.17, 15) is 19.7 Å². The lowest BCUT2D eigenvalue weighted by Crippen LogP contribution is -2.45. The molecular formula is C23H25N3O8. The van der Waals surface area contributed by atoms with Crippen LogP contribution in [0.15, 0.2) is 42.0 Å². The molecule has 34 heavy (non-hydrogen) atoms. The van der Waals surface area contributed by atoms with Crippen molar-refractivity contribution in [2.24, 2.45) is 0 Å². The third-order valence-corrected chi connectivity index (χ3v) is 5.05. The second-order valence-corrected chi connectivity index (χ2v) is 7.53. The van der Waals surface area contributed by atoms with Crippen LogP contribution in [-0.4, -0.2) is 44.4 Å². The van der Waals surface area contributed by atoms with Crippen LogP contribution in [0, 0.1) is 10.1 Å². The minimum Gasteiger partial charge on any atom is -0.497 e. The highest BCUT2D eigenvalue weighted by molar-refractivity contribution is 6.05. The predicted octanol–water partition coefficient (Wildman–Crippen LogP) is 3.34. The zero-order valence-corrected chi connectivity index (χ0v) is 19.3. The van der Waals surface area contributed by atoms with Gasteiger partial charge in [0.15, 0.2) is 11.5 Å². The molecule has 1 aliphatic rings. The number of esters is 1. The number of carbonyl (C=O) groups is 2. The molecule has 0 bridgehead atoms. The molecule has 11 heteroatoms. The zero-order valence-electron chi connectivity index (χ0n) is 19.3. The van der Waals surface area contributed by atoms with Gasteiger partial charge in [-0.2, -0.15) is 0 Å². The number of urea groups is 1. The number of hydrogen-bond acceptors (Lipinski definition) is 8. The molecule has 0 fully saturated rings. The Kier molecular flexibility index (Phi) is 7.24. The number of methoxy groups -OCH3 is 3. The van der Waals surface area contributed by atoms with E-state index in [-0.39, 0.29) is 34.0 Å². The van der Waals surface area contributed by atoms with E-state index < -0.39 is 29.1 Å². The van der Waals surface area contributed by atoms with Crippen LogP contribution in [0.25, 0.3) is 5.70 Å². The number of benzene rings is 2. The molecule has 1 unspecified atom stereocenters. The molecular weight excluding hydrogens is 446 g/mol. The second-order valence-electron chi connectivity index (χ2n) is 7.53. The van der Waals surface area contributed by atoms with Gasteiger partial charge in [0, 0.05) is 0 Å². The van der Waals surface area contributed by atoms with Crippen LogP contribution in [-0.2, 0) is 9.53 Å². The van der Waals surface area contributed by atoms with Crippen LogP contribution in [0.5, 0.6) is 17.2 Å². The van der Waals surface area contributed by atoms with E-state index in [2.05, 4.69) is 10.6 Å². The minimum absolute atomic E-state index is 0.00575. The normalized spacial score (nSPS) is 15.4. The van der Waals surface area contributed by atoms with Crippen molar-refractivity contribution in [3.63, 3.8) is 0 Å². The van der Waals surface area contributed by atoms with Crippen molar-refractivity contribution in [2.45, 2.75) is 26.0 Å². The molecule has 1 aliphatic heterocycles. The molecule has 180 valence electrons. The standard InChI is InChI=1S/C23H25N3O8/c1-12(2)34-22(27)19-20(13-6-8-14(31-3)9-7-13)24-23(28)25-21(19)15-10-17(32-4)18(33-5)11-16(15)26(29)30/h6-12,21H,1-5H3,(H2,24,25,28). The largest absolute Gasteiger partial charge is 0.497 e. The third-order valence-electron chi connectivity index (χ3n) is 5.05. The molecule has 0 radical (unpaired) electrons. The molecule has 0 saturated heterocycles. The van der Waals surface area contributed by atoms with Gasteiger partial charge in [0.25, 0.3) is 5.69 Å². The molecule has 11 nitrogen and oxygen atoms in total. The summed E-state index contributed by atoms with van der Waals surface area (Å²) in [5.41, 5.74) is 0.299. The molecule has 2 N–H and O–H groups in total. The van der Waals surface area contributed by atoms with Gasteiger partial charge in [-0.05, 0) is 49.7 Å². The number of rotatable bonds is 8. The maximum Gasteiger partial charge on any atom is 0.338 e. The predicted molar refractivity (Wildman–Crippen MR) is 122 cm³/mol. The van der Waals surface area contributed by atoms with Crippen molar-refractivity contribution in [1.29, 1.82) is 0 Å². The maximum absolute atomic E-state index is 13.2. The van der Waals surface area contributed by atoms with Crippen LogP contribution < -0.4 is 24.8 Å². The first kappa shape index (κ1) is 24.4. The Labute approximate surface area is 195 Å². The molecule has 1 heterocycles. The van der Waals surface area contributed by atoms with Gasteiger partial charge in [-0.15, -0.1) is 0 Å². The molecule has 0 saturated carbocycles. The fourth-order valence-corrected chi connectivity index (χ4v) is 3.55. The Morgan fingerprint density at radius 2 is 1.65 bits per heavy atom. The summed E-state index contributed by atoms with van der Waals surface area (Å²) in [6, 6.07) is 7.32. The number of nitrogens with zero attached hydrogens (tertiary/aromatic N) is 1. The number of nitrogens with one attached hydrogen (secondary N) is 2. The van der Waals surface area contributed by atoms with E-state index in [4.69, 9.17) is 18.9 Å². The molecule has 0 aliphatic carbocycles. The lowest BCUT2D eigenvalue weighted by molar-refractivity contribution is -0.385. The second kappa shape index (κ2) is 10.1. The van der Waals surface area contributed by atoms with Crippen LogP contribution in [0.1, 0.15) is 31.0 Å². The van der Waals surface area contributed by atoms with E-state index in [0.717, 1.165) is 0 Å². The van der Waals surface area contributed by atoms with Gasteiger partial charge in [0.2, 0.25) is 0 Å². The van der Waals surface area contributed by atoms with Crippen LogP contribution in [0.3, 0.4) is 0 Å². The molecule has 1 atom stereocenters. The Morgan fingerprint density at radius 1 is 1.03 bits per heavy atom. The van der Waals surface area contributed by atoms with Crippen molar-refractivity contribution in [2.75, 3.05) is 21.3 Å². The van der Waals surface area contributed by atoms with Crippen LogP contribution in [0.4, 0.5) is 10.5 Å². The summed E-state index contributed by atoms with van der Waals surface area (Å²) in [7, 11) is 4.24. The number of carbonyl (C=O) groups excluding carboxylic acids is 2. The van der Waals surface area contributed by atoms with Crippen molar-refractivity contribution < 1.29 is 33.5 Å². The van der Waals surface area contributed by atoms with Gasteiger partial charge in [0.05, 0.1) is 61.3 Å². The Balaban J connectivity index is 2.30. The highest BCUT2D eigenvalue weighted by Gasteiger charge is 2.39. The summed E-state index contributed by atoms with van der Waals surface area (Å²) >= 11 is 0. The van der Waals surface area contributed by atoms with E-state index in [1.807, 2.05) is 0 Å². The van der Waals surface area contributed by atoms with Crippen molar-refractivity contribution in [3.05, 3.63) is 63.2 Å². The van der Waals surface area contributed by atoms with E-state index in [1.54, 1.807) is 38.1 Å². The maximum atomic E-state index is 13.2.